The van der Waals surface area contributed by atoms with Gasteiger partial charge in [0, 0.05) is 0 Å². The van der Waals surface area contributed by atoms with Crippen molar-refractivity contribution in [1.29, 1.82) is 0 Å². The molecule has 0 N–H and O–H groups in total. The van der Waals surface area contributed by atoms with Crippen LogP contribution in [0.2, 0.25) is 0 Å². The molecule has 0 radical (unpaired) electrons. The summed E-state index contributed by atoms with van der Waals surface area (Å²) >= 11 is 0. The molecule has 0 aromatic rings. The molecule has 0 bridgehead atoms. The van der Waals surface area contributed by atoms with Crippen molar-refractivity contribution in [3.05, 3.63) is 6.92 Å². The normalized spacial score (nSPS) is 5.00. The van der Waals surface area contributed by atoms with Crippen molar-refractivity contribution >= 4 is 5.78 Å². The Balaban J connectivity index is 0. The minimum Gasteiger partial charge on any atom is -0.340 e. The van der Waals surface area contributed by atoms with Crippen LogP contribution in [0.1, 0.15) is 6.92 Å². The molecular formula is C3H5OY+2. The van der Waals surface area contributed by atoms with Crippen molar-refractivity contribution in [1.82, 2.24) is 0 Å². The van der Waals surface area contributed by atoms with Crippen molar-refractivity contribution in [2.75, 3.05) is 0 Å². The summed E-state index contributed by atoms with van der Waals surface area (Å²) in [5.74, 6) is -0.0833. The molecule has 0 aromatic carbocycles. The van der Waals surface area contributed by atoms with Gasteiger partial charge in [-0.2, -0.15) is 0 Å². The summed E-state index contributed by atoms with van der Waals surface area (Å²) in [7, 11) is 0. The van der Waals surface area contributed by atoms with Crippen LogP contribution in [0, 0.1) is 6.92 Å². The summed E-state index contributed by atoms with van der Waals surface area (Å²) in [4.78, 5) is 9.33. The van der Waals surface area contributed by atoms with Crippen LogP contribution in [0.3, 0.4) is 0 Å². The van der Waals surface area contributed by atoms with Gasteiger partial charge in [0.15, 0.2) is 0 Å². The fourth-order valence-corrected chi connectivity index (χ4v) is 0. The zero-order valence-electron chi connectivity index (χ0n) is 3.19. The van der Waals surface area contributed by atoms with Gasteiger partial charge in [-0.15, -0.1) is 0 Å². The van der Waals surface area contributed by atoms with Crippen LogP contribution in [0.5, 0.6) is 0 Å². The summed E-state index contributed by atoms with van der Waals surface area (Å²) in [5.41, 5.74) is 0. The quantitative estimate of drug-likeness (QED) is 0.452. The molecule has 2 heteroatoms. The third kappa shape index (κ3) is 78.3. The Bertz CT molecular complexity index is 29.9. The largest absolute Gasteiger partial charge is 3.00 e. The molecule has 1 nitrogen and oxygen atoms in total. The van der Waals surface area contributed by atoms with Crippen LogP contribution in [0.25, 0.3) is 0 Å². The minimum atomic E-state index is -0.0833. The average molecular weight is 146 g/mol. The van der Waals surface area contributed by atoms with Gasteiger partial charge in [-0.25, -0.2) is 0 Å². The number of hydrogen-bond acceptors (Lipinski definition) is 1. The Morgan fingerprint density at radius 3 is 1.80 bits per heavy atom. The maximum absolute atomic E-state index is 9.33. The van der Waals surface area contributed by atoms with E-state index in [1.165, 1.54) is 6.92 Å². The van der Waals surface area contributed by atoms with E-state index < -0.39 is 0 Å². The van der Waals surface area contributed by atoms with Crippen LogP contribution in [0.15, 0.2) is 0 Å². The summed E-state index contributed by atoms with van der Waals surface area (Å²) < 4.78 is 0. The number of ketones is 1. The fourth-order valence-electron chi connectivity index (χ4n) is 0. The Hall–Kier alpha value is 0.644. The molecule has 0 aromatic heterocycles. The van der Waals surface area contributed by atoms with Gasteiger partial charge >= 0.3 is 32.7 Å². The molecule has 0 rings (SSSR count). The van der Waals surface area contributed by atoms with Gasteiger partial charge in [0.1, 0.15) is 0 Å². The Morgan fingerprint density at radius 2 is 1.80 bits per heavy atom. The van der Waals surface area contributed by atoms with Gasteiger partial charge in [0.25, 0.3) is 0 Å². The summed E-state index contributed by atoms with van der Waals surface area (Å²) in [6.07, 6.45) is 0. The third-order valence-corrected chi connectivity index (χ3v) is 0. The van der Waals surface area contributed by atoms with E-state index in [0.717, 1.165) is 0 Å². The van der Waals surface area contributed by atoms with Crippen LogP contribution in [-0.4, -0.2) is 5.78 Å². The predicted octanol–water partition coefficient (Wildman–Crippen LogP) is 0.407. The van der Waals surface area contributed by atoms with Gasteiger partial charge < -0.3 is 11.7 Å². The van der Waals surface area contributed by atoms with Crippen LogP contribution >= 0.6 is 0 Å². The number of carbonyl (C=O) groups is 1. The Morgan fingerprint density at radius 1 is 1.80 bits per heavy atom. The minimum absolute atomic E-state index is 0. The second-order valence-corrected chi connectivity index (χ2v) is 0.702. The van der Waals surface area contributed by atoms with Crippen LogP contribution in [0.4, 0.5) is 0 Å². The van der Waals surface area contributed by atoms with Crippen molar-refractivity contribution in [2.45, 2.75) is 6.92 Å². The zero-order chi connectivity index (χ0) is 3.58. The second-order valence-electron chi connectivity index (χ2n) is 0.702. The Kier molecular flexibility index (Phi) is 8.51. The molecule has 0 atom stereocenters. The van der Waals surface area contributed by atoms with Gasteiger partial charge in [0.05, 0.1) is 0 Å². The zero-order valence-corrected chi connectivity index (χ0v) is 6.03. The van der Waals surface area contributed by atoms with Gasteiger partial charge in [0.2, 0.25) is 0 Å². The maximum atomic E-state index is 9.33. The number of carbonyl (C=O) groups excluding carboxylic acids is 1. The maximum Gasteiger partial charge on any atom is 3.00 e. The van der Waals surface area contributed by atoms with Crippen molar-refractivity contribution in [2.24, 2.45) is 0 Å². The predicted molar refractivity (Wildman–Crippen MR) is 16.0 cm³/mol. The SMILES string of the molecule is [CH2-]C(C)=O.[Y+3]. The Labute approximate surface area is 57.0 Å². The summed E-state index contributed by atoms with van der Waals surface area (Å²) in [5, 5.41) is 0. The smallest absolute Gasteiger partial charge is 0.340 e. The van der Waals surface area contributed by atoms with E-state index in [9.17, 15) is 4.79 Å². The molecule has 5 heavy (non-hydrogen) atoms. The first-order chi connectivity index (χ1) is 1.73. The first-order valence-electron chi connectivity index (χ1n) is 1.06. The first kappa shape index (κ1) is 9.17. The molecule has 0 aliphatic heterocycles. The van der Waals surface area contributed by atoms with E-state index in [2.05, 4.69) is 6.92 Å². The topological polar surface area (TPSA) is 17.1 Å². The van der Waals surface area contributed by atoms with Gasteiger partial charge in [-0.3, -0.25) is 0 Å². The summed E-state index contributed by atoms with van der Waals surface area (Å²) in [6, 6.07) is 0. The number of rotatable bonds is 0. The molecule has 0 heterocycles. The van der Waals surface area contributed by atoms with E-state index >= 15 is 0 Å². The molecule has 0 fully saturated rings. The van der Waals surface area contributed by atoms with Gasteiger partial charge in [-0.1, -0.05) is 0 Å². The van der Waals surface area contributed by atoms with E-state index in [4.69, 9.17) is 0 Å². The molecule has 0 saturated carbocycles. The third-order valence-electron chi connectivity index (χ3n) is 0. The first-order valence-corrected chi connectivity index (χ1v) is 1.06. The van der Waals surface area contributed by atoms with E-state index in [1.54, 1.807) is 0 Å². The molecular weight excluding hydrogens is 141 g/mol. The van der Waals surface area contributed by atoms with Gasteiger partial charge in [-0.05, 0) is 12.7 Å². The number of hydrogen-bond donors (Lipinski definition) is 0. The van der Waals surface area contributed by atoms with Crippen molar-refractivity contribution in [3.8, 4) is 0 Å². The summed E-state index contributed by atoms with van der Waals surface area (Å²) in [6.45, 7) is 4.42. The van der Waals surface area contributed by atoms with Crippen LogP contribution in [-0.2, 0) is 37.5 Å². The van der Waals surface area contributed by atoms with Crippen molar-refractivity contribution in [3.63, 3.8) is 0 Å². The van der Waals surface area contributed by atoms with E-state index in [0.29, 0.717) is 0 Å². The van der Waals surface area contributed by atoms with E-state index in [-0.39, 0.29) is 38.5 Å². The molecule has 0 saturated heterocycles. The standard InChI is InChI=1S/C3H5O.Y/c1-3(2)4;/h1H2,2H3;/q-1;+3. The second kappa shape index (κ2) is 4.64. The molecule has 0 aliphatic carbocycles. The molecule has 24 valence electrons. The average Bonchev–Trinajstić information content (AvgIpc) is 0.811. The molecule has 0 aliphatic rings. The monoisotopic (exact) mass is 146 g/mol. The van der Waals surface area contributed by atoms with Crippen LogP contribution < -0.4 is 0 Å². The molecule has 0 amide bonds. The molecule has 0 spiro atoms. The molecule has 0 unspecified atom stereocenters. The fraction of sp³-hybridized carbons (Fsp3) is 0.333. The van der Waals surface area contributed by atoms with Crippen molar-refractivity contribution < 1.29 is 37.5 Å². The number of Topliss-reactive ketones (excluding diaryl/α,β-unsaturated/α-hetero) is 1. The van der Waals surface area contributed by atoms with E-state index in [1.807, 2.05) is 0 Å².